The maximum absolute atomic E-state index is 12.1. The second-order valence-electron chi connectivity index (χ2n) is 5.11. The molecule has 0 bridgehead atoms. The minimum atomic E-state index is -3.75. The maximum Gasteiger partial charge on any atom is 0.242 e. The standard InChI is InChI=1S/C11H17ClN2O3S/c1-10(2,11(3,4)15)14-18(16,17)8-5-6-9(12)13-7-8/h5-7,14-15H,1-4H3. The zero-order chi connectivity index (χ0) is 14.2. The predicted octanol–water partition coefficient (Wildman–Crippen LogP) is 1.56. The number of sulfonamides is 1. The molecule has 18 heavy (non-hydrogen) atoms. The highest BCUT2D eigenvalue weighted by Gasteiger charge is 2.38. The molecule has 0 spiro atoms. The van der Waals surface area contributed by atoms with Crippen LogP contribution in [0.4, 0.5) is 0 Å². The lowest BCUT2D eigenvalue weighted by atomic mass is 9.87. The lowest BCUT2D eigenvalue weighted by Gasteiger charge is -2.37. The van der Waals surface area contributed by atoms with Crippen molar-refractivity contribution >= 4 is 21.6 Å². The van der Waals surface area contributed by atoms with E-state index < -0.39 is 21.2 Å². The third kappa shape index (κ3) is 3.41. The van der Waals surface area contributed by atoms with Crippen LogP contribution in [-0.2, 0) is 10.0 Å². The van der Waals surface area contributed by atoms with Crippen molar-refractivity contribution in [2.75, 3.05) is 0 Å². The molecule has 1 aromatic heterocycles. The fraction of sp³-hybridized carbons (Fsp3) is 0.545. The Balaban J connectivity index is 3.07. The molecule has 1 heterocycles. The van der Waals surface area contributed by atoms with Crippen molar-refractivity contribution < 1.29 is 13.5 Å². The van der Waals surface area contributed by atoms with E-state index in [9.17, 15) is 13.5 Å². The Labute approximate surface area is 112 Å². The number of hydrogen-bond acceptors (Lipinski definition) is 4. The van der Waals surface area contributed by atoms with Crippen LogP contribution >= 0.6 is 11.6 Å². The number of nitrogens with zero attached hydrogens (tertiary/aromatic N) is 1. The topological polar surface area (TPSA) is 79.3 Å². The Morgan fingerprint density at radius 2 is 1.83 bits per heavy atom. The molecule has 0 radical (unpaired) electrons. The van der Waals surface area contributed by atoms with Crippen LogP contribution in [0.1, 0.15) is 27.7 Å². The summed E-state index contributed by atoms with van der Waals surface area (Å²) < 4.78 is 26.6. The van der Waals surface area contributed by atoms with Crippen molar-refractivity contribution in [3.8, 4) is 0 Å². The summed E-state index contributed by atoms with van der Waals surface area (Å²) in [6.45, 7) is 6.28. The molecule has 0 saturated carbocycles. The summed E-state index contributed by atoms with van der Waals surface area (Å²) in [5, 5.41) is 10.2. The van der Waals surface area contributed by atoms with Crippen molar-refractivity contribution in [2.45, 2.75) is 43.7 Å². The maximum atomic E-state index is 12.1. The van der Waals surface area contributed by atoms with Gasteiger partial charge in [0.2, 0.25) is 10.0 Å². The molecule has 0 aliphatic carbocycles. The first-order valence-electron chi connectivity index (χ1n) is 5.34. The Morgan fingerprint density at radius 1 is 1.28 bits per heavy atom. The van der Waals surface area contributed by atoms with Gasteiger partial charge < -0.3 is 5.11 Å². The van der Waals surface area contributed by atoms with Gasteiger partial charge in [-0.05, 0) is 39.8 Å². The summed E-state index contributed by atoms with van der Waals surface area (Å²) in [4.78, 5) is 3.73. The molecule has 5 nitrogen and oxygen atoms in total. The number of aliphatic hydroxyl groups is 1. The minimum absolute atomic E-state index is 0.00391. The fourth-order valence-corrected chi connectivity index (χ4v) is 2.63. The summed E-state index contributed by atoms with van der Waals surface area (Å²) in [6, 6.07) is 2.76. The van der Waals surface area contributed by atoms with E-state index in [2.05, 4.69) is 9.71 Å². The Bertz CT molecular complexity index is 518. The normalized spacial score (nSPS) is 13.7. The lowest BCUT2D eigenvalue weighted by molar-refractivity contribution is 0.00638. The molecule has 102 valence electrons. The highest BCUT2D eigenvalue weighted by molar-refractivity contribution is 7.89. The molecule has 1 aromatic rings. The number of pyridine rings is 1. The van der Waals surface area contributed by atoms with Gasteiger partial charge in [0.15, 0.2) is 0 Å². The van der Waals surface area contributed by atoms with Crippen LogP contribution in [0.3, 0.4) is 0 Å². The predicted molar refractivity (Wildman–Crippen MR) is 69.9 cm³/mol. The van der Waals surface area contributed by atoms with Crippen molar-refractivity contribution in [2.24, 2.45) is 0 Å². The van der Waals surface area contributed by atoms with Crippen LogP contribution in [0.25, 0.3) is 0 Å². The largest absolute Gasteiger partial charge is 0.389 e. The molecular formula is C11H17ClN2O3S. The molecule has 1 rings (SSSR count). The van der Waals surface area contributed by atoms with Crippen LogP contribution in [0.5, 0.6) is 0 Å². The number of halogens is 1. The first kappa shape index (κ1) is 15.4. The highest BCUT2D eigenvalue weighted by Crippen LogP contribution is 2.23. The van der Waals surface area contributed by atoms with Crippen molar-refractivity contribution in [1.82, 2.24) is 9.71 Å². The number of aromatic nitrogens is 1. The van der Waals surface area contributed by atoms with Gasteiger partial charge in [0.25, 0.3) is 0 Å². The Hall–Kier alpha value is -0.690. The molecule has 0 unspecified atom stereocenters. The average molecular weight is 293 g/mol. The number of rotatable bonds is 4. The fourth-order valence-electron chi connectivity index (χ4n) is 1.04. The first-order valence-corrected chi connectivity index (χ1v) is 7.20. The van der Waals surface area contributed by atoms with Gasteiger partial charge in [0.1, 0.15) is 10.0 Å². The summed E-state index contributed by atoms with van der Waals surface area (Å²) >= 11 is 5.60. The van der Waals surface area contributed by atoms with E-state index in [4.69, 9.17) is 11.6 Å². The van der Waals surface area contributed by atoms with Crippen molar-refractivity contribution in [3.05, 3.63) is 23.5 Å². The van der Waals surface area contributed by atoms with Crippen LogP contribution in [0, 0.1) is 0 Å². The van der Waals surface area contributed by atoms with Crippen LogP contribution in [0.2, 0.25) is 5.15 Å². The molecule has 0 aromatic carbocycles. The molecular weight excluding hydrogens is 276 g/mol. The molecule has 0 aliphatic heterocycles. The summed E-state index contributed by atoms with van der Waals surface area (Å²) in [7, 11) is -3.75. The third-order valence-corrected chi connectivity index (χ3v) is 4.79. The third-order valence-electron chi connectivity index (χ3n) is 2.93. The molecule has 0 fully saturated rings. The van der Waals surface area contributed by atoms with E-state index in [1.165, 1.54) is 32.2 Å². The lowest BCUT2D eigenvalue weighted by Crippen LogP contribution is -2.57. The summed E-state index contributed by atoms with van der Waals surface area (Å²) in [5.74, 6) is 0. The van der Waals surface area contributed by atoms with E-state index in [-0.39, 0.29) is 10.0 Å². The molecule has 2 N–H and O–H groups in total. The first-order chi connectivity index (χ1) is 7.96. The Morgan fingerprint density at radius 3 is 2.22 bits per heavy atom. The van der Waals surface area contributed by atoms with E-state index in [0.717, 1.165) is 0 Å². The SMILES string of the molecule is CC(C)(O)C(C)(C)NS(=O)(=O)c1ccc(Cl)nc1. The van der Waals surface area contributed by atoms with Gasteiger partial charge in [-0.25, -0.2) is 18.1 Å². The summed E-state index contributed by atoms with van der Waals surface area (Å²) in [5.41, 5.74) is -2.23. The van der Waals surface area contributed by atoms with Gasteiger partial charge in [-0.15, -0.1) is 0 Å². The molecule has 0 saturated heterocycles. The second-order valence-corrected chi connectivity index (χ2v) is 7.18. The van der Waals surface area contributed by atoms with Gasteiger partial charge in [0, 0.05) is 6.20 Å². The van der Waals surface area contributed by atoms with E-state index in [0.29, 0.717) is 0 Å². The zero-order valence-electron chi connectivity index (χ0n) is 10.7. The Kier molecular flexibility index (Phi) is 4.07. The second kappa shape index (κ2) is 4.77. The van der Waals surface area contributed by atoms with Crippen molar-refractivity contribution in [1.29, 1.82) is 0 Å². The molecule has 0 atom stereocenters. The summed E-state index contributed by atoms with van der Waals surface area (Å²) in [6.07, 6.45) is 1.17. The van der Waals surface area contributed by atoms with Crippen molar-refractivity contribution in [3.63, 3.8) is 0 Å². The minimum Gasteiger partial charge on any atom is -0.389 e. The highest BCUT2D eigenvalue weighted by atomic mass is 35.5. The van der Waals surface area contributed by atoms with E-state index in [1.54, 1.807) is 13.8 Å². The van der Waals surface area contributed by atoms with Crippen LogP contribution in [-0.4, -0.2) is 29.6 Å². The quantitative estimate of drug-likeness (QED) is 0.826. The van der Waals surface area contributed by atoms with Gasteiger partial charge in [-0.3, -0.25) is 0 Å². The van der Waals surface area contributed by atoms with Gasteiger partial charge in [0.05, 0.1) is 11.1 Å². The van der Waals surface area contributed by atoms with Gasteiger partial charge in [-0.2, -0.15) is 0 Å². The molecule has 0 aliphatic rings. The van der Waals surface area contributed by atoms with Gasteiger partial charge in [-0.1, -0.05) is 11.6 Å². The van der Waals surface area contributed by atoms with Crippen LogP contribution < -0.4 is 4.72 Å². The molecule has 7 heteroatoms. The zero-order valence-corrected chi connectivity index (χ0v) is 12.3. The number of hydrogen-bond donors (Lipinski definition) is 2. The number of nitrogens with one attached hydrogen (secondary N) is 1. The average Bonchev–Trinajstić information content (AvgIpc) is 2.14. The monoisotopic (exact) mass is 292 g/mol. The molecule has 0 amide bonds. The van der Waals surface area contributed by atoms with E-state index in [1.807, 2.05) is 0 Å². The van der Waals surface area contributed by atoms with Crippen LogP contribution in [0.15, 0.2) is 23.2 Å². The van der Waals surface area contributed by atoms with E-state index >= 15 is 0 Å². The van der Waals surface area contributed by atoms with Gasteiger partial charge >= 0.3 is 0 Å². The smallest absolute Gasteiger partial charge is 0.242 e.